The van der Waals surface area contributed by atoms with Crippen LogP contribution in [0, 0.1) is 5.92 Å². The third-order valence-electron chi connectivity index (χ3n) is 5.02. The lowest BCUT2D eigenvalue weighted by molar-refractivity contribution is -0.106. The van der Waals surface area contributed by atoms with Crippen LogP contribution in [0.2, 0.25) is 10.0 Å². The Bertz CT molecular complexity index is 1220. The molecule has 0 N–H and O–H groups in total. The number of sulfone groups is 1. The molecule has 0 saturated heterocycles. The second kappa shape index (κ2) is 11.9. The van der Waals surface area contributed by atoms with Crippen molar-refractivity contribution in [2.45, 2.75) is 38.3 Å². The molecule has 3 nitrogen and oxygen atoms in total. The zero-order valence-corrected chi connectivity index (χ0v) is 23.0. The third kappa shape index (κ3) is 9.76. The van der Waals surface area contributed by atoms with Crippen LogP contribution in [-0.2, 0) is 9.84 Å². The van der Waals surface area contributed by atoms with Crippen LogP contribution in [0.4, 0.5) is 22.0 Å². The van der Waals surface area contributed by atoms with Crippen LogP contribution in [0.1, 0.15) is 47.7 Å². The molecule has 36 heavy (non-hydrogen) atoms. The number of ketones is 1. The van der Waals surface area contributed by atoms with Gasteiger partial charge in [0.2, 0.25) is 0 Å². The largest absolute Gasteiger partial charge is 0.402 e. The van der Waals surface area contributed by atoms with Gasteiger partial charge in [-0.3, -0.25) is 4.79 Å². The molecule has 0 bridgehead atoms. The summed E-state index contributed by atoms with van der Waals surface area (Å²) in [6.45, 7) is 2.15. The lowest BCUT2D eigenvalue weighted by Gasteiger charge is -2.21. The third-order valence-corrected chi connectivity index (χ3v) is 7.96. The predicted octanol–water partition coefficient (Wildman–Crippen LogP) is 8.39. The van der Waals surface area contributed by atoms with Crippen LogP contribution in [0.3, 0.4) is 0 Å². The van der Waals surface area contributed by atoms with E-state index < -0.39 is 51.1 Å². The summed E-state index contributed by atoms with van der Waals surface area (Å²) < 4.78 is 89.6. The molecule has 0 aliphatic carbocycles. The second-order valence-corrected chi connectivity index (χ2v) is 12.5. The Kier molecular flexibility index (Phi) is 10.2. The minimum absolute atomic E-state index is 0.186. The Hall–Kier alpha value is -1.49. The number of rotatable bonds is 10. The van der Waals surface area contributed by atoms with Gasteiger partial charge < -0.3 is 0 Å². The van der Waals surface area contributed by atoms with E-state index in [4.69, 9.17) is 23.2 Å². The van der Waals surface area contributed by atoms with Crippen LogP contribution in [0.15, 0.2) is 46.9 Å². The van der Waals surface area contributed by atoms with Crippen molar-refractivity contribution in [2.24, 2.45) is 5.92 Å². The molecule has 0 aliphatic rings. The van der Waals surface area contributed by atoms with Gasteiger partial charge in [0.25, 0.3) is 5.92 Å². The molecule has 0 aromatic heterocycles. The summed E-state index contributed by atoms with van der Waals surface area (Å²) >= 11 is 15.2. The SMILES string of the molecule is C[C@@H](CC(=O)c1ccc(/C=C/C(c2cc(Cl)cc(Cl)c2)C(C)(F)F)cc1Br)CS(=O)(=O)CC(F)(F)F. The van der Waals surface area contributed by atoms with Crippen molar-refractivity contribution in [3.63, 3.8) is 0 Å². The van der Waals surface area contributed by atoms with Gasteiger partial charge in [-0.25, -0.2) is 17.2 Å². The molecule has 0 heterocycles. The summed E-state index contributed by atoms with van der Waals surface area (Å²) in [4.78, 5) is 12.6. The predicted molar refractivity (Wildman–Crippen MR) is 136 cm³/mol. The van der Waals surface area contributed by atoms with E-state index in [1.165, 1.54) is 55.5 Å². The normalized spacial score (nSPS) is 14.7. The number of halogens is 8. The Labute approximate surface area is 224 Å². The van der Waals surface area contributed by atoms with Gasteiger partial charge in [-0.05, 0) is 47.4 Å². The van der Waals surface area contributed by atoms with Gasteiger partial charge in [-0.1, -0.05) is 64.3 Å². The number of benzene rings is 2. The fraction of sp³-hybridized carbons (Fsp3) is 0.375. The van der Waals surface area contributed by atoms with Gasteiger partial charge in [0.05, 0.1) is 11.7 Å². The first-order valence-electron chi connectivity index (χ1n) is 10.5. The summed E-state index contributed by atoms with van der Waals surface area (Å²) in [6.07, 6.45) is -2.40. The molecule has 2 aromatic carbocycles. The maximum absolute atomic E-state index is 14.3. The average molecular weight is 636 g/mol. The number of carbonyl (C=O) groups excluding carboxylic acids is 1. The topological polar surface area (TPSA) is 51.2 Å². The van der Waals surface area contributed by atoms with Gasteiger partial charge in [0.15, 0.2) is 15.6 Å². The van der Waals surface area contributed by atoms with Crippen molar-refractivity contribution in [1.82, 2.24) is 0 Å². The fourth-order valence-electron chi connectivity index (χ4n) is 3.62. The number of carbonyl (C=O) groups is 1. The Morgan fingerprint density at radius 3 is 2.14 bits per heavy atom. The molecule has 0 saturated carbocycles. The van der Waals surface area contributed by atoms with Gasteiger partial charge in [-0.15, -0.1) is 0 Å². The Morgan fingerprint density at radius 2 is 1.64 bits per heavy atom. The molecule has 0 fully saturated rings. The molecular formula is C24H22BrCl2F5O3S. The van der Waals surface area contributed by atoms with E-state index in [0.29, 0.717) is 10.0 Å². The van der Waals surface area contributed by atoms with E-state index in [-0.39, 0.29) is 27.6 Å². The standard InChI is InChI=1S/C24H22BrCl2F5O3S/c1-14(12-36(34,35)13-24(30,31)32)7-22(33)19-5-3-15(8-21(19)25)4-6-20(23(2,28)29)16-9-17(26)11-18(27)10-16/h3-6,8-11,14,20H,7,12-13H2,1-2H3/b6-4+/t14-,20?/m0/s1. The highest BCUT2D eigenvalue weighted by Gasteiger charge is 2.36. The first kappa shape index (κ1) is 30.7. The Morgan fingerprint density at radius 1 is 1.06 bits per heavy atom. The molecule has 12 heteroatoms. The smallest absolute Gasteiger partial charge is 0.294 e. The molecule has 0 radical (unpaired) electrons. The number of hydrogen-bond donors (Lipinski definition) is 0. The molecule has 0 amide bonds. The minimum atomic E-state index is -4.85. The summed E-state index contributed by atoms with van der Waals surface area (Å²) in [7, 11) is -4.42. The van der Waals surface area contributed by atoms with E-state index in [1.807, 2.05) is 0 Å². The molecule has 1 unspecified atom stereocenters. The zero-order chi connectivity index (χ0) is 27.5. The van der Waals surface area contributed by atoms with Crippen LogP contribution in [0.25, 0.3) is 6.08 Å². The maximum atomic E-state index is 14.3. The van der Waals surface area contributed by atoms with E-state index in [1.54, 1.807) is 0 Å². The van der Waals surface area contributed by atoms with Gasteiger partial charge in [0, 0.05) is 33.4 Å². The molecule has 198 valence electrons. The van der Waals surface area contributed by atoms with Gasteiger partial charge >= 0.3 is 6.18 Å². The molecule has 2 aromatic rings. The summed E-state index contributed by atoms with van der Waals surface area (Å²) in [5, 5.41) is 0.428. The van der Waals surface area contributed by atoms with Crippen LogP contribution in [0.5, 0.6) is 0 Å². The van der Waals surface area contributed by atoms with Crippen LogP contribution in [-0.4, -0.2) is 37.8 Å². The lowest BCUT2D eigenvalue weighted by atomic mass is 9.92. The van der Waals surface area contributed by atoms with E-state index in [2.05, 4.69) is 15.9 Å². The zero-order valence-electron chi connectivity index (χ0n) is 19.1. The first-order chi connectivity index (χ1) is 16.4. The molecule has 0 aliphatic heterocycles. The monoisotopic (exact) mass is 634 g/mol. The number of hydrogen-bond acceptors (Lipinski definition) is 3. The minimum Gasteiger partial charge on any atom is -0.294 e. The summed E-state index contributed by atoms with van der Waals surface area (Å²) in [5.41, 5.74) is 0.893. The van der Waals surface area contributed by atoms with Crippen LogP contribution < -0.4 is 0 Å². The van der Waals surface area contributed by atoms with Crippen molar-refractivity contribution in [3.8, 4) is 0 Å². The van der Waals surface area contributed by atoms with Crippen molar-refractivity contribution >= 4 is 60.8 Å². The van der Waals surface area contributed by atoms with Gasteiger partial charge in [0.1, 0.15) is 5.75 Å². The van der Waals surface area contributed by atoms with Crippen molar-refractivity contribution in [2.75, 3.05) is 11.5 Å². The lowest BCUT2D eigenvalue weighted by Crippen LogP contribution is -2.28. The maximum Gasteiger partial charge on any atom is 0.402 e. The highest BCUT2D eigenvalue weighted by Crippen LogP contribution is 2.37. The molecule has 2 rings (SSSR count). The Balaban J connectivity index is 2.18. The number of alkyl halides is 5. The molecule has 2 atom stereocenters. The van der Waals surface area contributed by atoms with E-state index in [9.17, 15) is 35.2 Å². The van der Waals surface area contributed by atoms with E-state index >= 15 is 0 Å². The van der Waals surface area contributed by atoms with Crippen molar-refractivity contribution < 1.29 is 35.2 Å². The quantitative estimate of drug-likeness (QED) is 0.195. The summed E-state index contributed by atoms with van der Waals surface area (Å²) in [5.74, 6) is -8.51. The second-order valence-electron chi connectivity index (χ2n) is 8.64. The molecule has 0 spiro atoms. The number of Topliss-reactive ketones (excluding diaryl/α,β-unsaturated/α-hetero) is 1. The fourth-order valence-corrected chi connectivity index (χ4v) is 6.39. The van der Waals surface area contributed by atoms with Crippen LogP contribution >= 0.6 is 39.1 Å². The molecular weight excluding hydrogens is 614 g/mol. The van der Waals surface area contributed by atoms with Crippen molar-refractivity contribution in [1.29, 1.82) is 0 Å². The van der Waals surface area contributed by atoms with Crippen molar-refractivity contribution in [3.05, 3.63) is 73.7 Å². The van der Waals surface area contributed by atoms with E-state index in [0.717, 1.165) is 6.92 Å². The highest BCUT2D eigenvalue weighted by atomic mass is 79.9. The average Bonchev–Trinajstić information content (AvgIpc) is 2.63. The number of allylic oxidation sites excluding steroid dienone is 1. The first-order valence-corrected chi connectivity index (χ1v) is 13.9. The summed E-state index contributed by atoms with van der Waals surface area (Å²) in [6, 6.07) is 8.68. The van der Waals surface area contributed by atoms with Gasteiger partial charge in [-0.2, -0.15) is 13.2 Å². The highest BCUT2D eigenvalue weighted by molar-refractivity contribution is 9.10.